The maximum absolute atomic E-state index is 14.7. The van der Waals surface area contributed by atoms with Crippen molar-refractivity contribution >= 4 is 34.2 Å². The number of carbonyl (C=O) groups is 2. The second-order valence-electron chi connectivity index (χ2n) is 12.1. The number of alkyl halides is 2. The van der Waals surface area contributed by atoms with Gasteiger partial charge in [0.2, 0.25) is 0 Å². The Labute approximate surface area is 291 Å². The van der Waals surface area contributed by atoms with Gasteiger partial charge in [-0.3, -0.25) is 23.9 Å². The van der Waals surface area contributed by atoms with Gasteiger partial charge < -0.3 is 18.9 Å². The van der Waals surface area contributed by atoms with E-state index in [9.17, 15) is 23.2 Å². The van der Waals surface area contributed by atoms with E-state index in [4.69, 9.17) is 26.1 Å². The molecule has 1 atom stereocenters. The fourth-order valence-corrected chi connectivity index (χ4v) is 5.97. The van der Waals surface area contributed by atoms with Gasteiger partial charge in [-0.25, -0.2) is 18.7 Å². The fraction of sp³-hybridized carbons (Fsp3) is 0.306. The fourth-order valence-electron chi connectivity index (χ4n) is 5.85. The number of rotatable bonds is 12. The Bertz CT molecular complexity index is 2040. The molecule has 1 aliphatic rings. The molecule has 0 bridgehead atoms. The van der Waals surface area contributed by atoms with Gasteiger partial charge in [0.15, 0.2) is 12.4 Å². The van der Waals surface area contributed by atoms with Crippen molar-refractivity contribution in [3.05, 3.63) is 112 Å². The summed E-state index contributed by atoms with van der Waals surface area (Å²) in [6, 6.07) is 16.7. The number of para-hydroxylation sites is 1. The van der Waals surface area contributed by atoms with Gasteiger partial charge in [-0.2, -0.15) is 0 Å². The zero-order valence-electron chi connectivity index (χ0n) is 27.4. The summed E-state index contributed by atoms with van der Waals surface area (Å²) in [5, 5.41) is 0.824. The molecule has 3 aromatic carbocycles. The van der Waals surface area contributed by atoms with E-state index in [0.717, 1.165) is 0 Å². The van der Waals surface area contributed by atoms with Crippen LogP contribution in [0.25, 0.3) is 16.6 Å². The highest BCUT2D eigenvalue weighted by atomic mass is 35.5. The lowest BCUT2D eigenvalue weighted by Crippen LogP contribution is -2.58. The number of hydrogen-bond acceptors (Lipinski definition) is 8. The van der Waals surface area contributed by atoms with Crippen LogP contribution in [-0.2, 0) is 17.9 Å². The molecule has 6 rings (SSSR count). The van der Waals surface area contributed by atoms with E-state index in [2.05, 4.69) is 4.98 Å². The molecular formula is C36H35ClF2N6O5. The third-order valence-corrected chi connectivity index (χ3v) is 8.56. The number of ether oxygens (including phenoxy) is 2. The van der Waals surface area contributed by atoms with Gasteiger partial charge in [0.1, 0.15) is 17.3 Å². The van der Waals surface area contributed by atoms with Crippen LogP contribution in [0.1, 0.15) is 30.0 Å². The van der Waals surface area contributed by atoms with Crippen LogP contribution >= 0.6 is 11.6 Å². The second-order valence-corrected chi connectivity index (χ2v) is 12.6. The summed E-state index contributed by atoms with van der Waals surface area (Å²) >= 11 is 5.91. The third-order valence-electron chi connectivity index (χ3n) is 8.31. The second kappa shape index (κ2) is 15.2. The molecule has 0 spiro atoms. The molecule has 1 aliphatic heterocycles. The van der Waals surface area contributed by atoms with Crippen LogP contribution in [0.5, 0.6) is 11.5 Å². The summed E-state index contributed by atoms with van der Waals surface area (Å²) in [6.45, 7) is 3.21. The van der Waals surface area contributed by atoms with Gasteiger partial charge in [0.05, 0.1) is 48.2 Å². The van der Waals surface area contributed by atoms with Crippen LogP contribution in [0.4, 0.5) is 8.78 Å². The van der Waals surface area contributed by atoms with Crippen molar-refractivity contribution in [3.8, 4) is 17.2 Å². The Morgan fingerprint density at radius 2 is 1.82 bits per heavy atom. The van der Waals surface area contributed by atoms with E-state index >= 15 is 0 Å². The number of Topliss-reactive ketones (excluding diaryl/α,β-unsaturated/α-hetero) is 1. The summed E-state index contributed by atoms with van der Waals surface area (Å²) in [7, 11) is 0. The van der Waals surface area contributed by atoms with Crippen molar-refractivity contribution in [2.75, 3.05) is 26.2 Å². The van der Waals surface area contributed by atoms with Gasteiger partial charge in [0.25, 0.3) is 17.9 Å². The van der Waals surface area contributed by atoms with Crippen LogP contribution < -0.4 is 15.0 Å². The molecule has 5 aromatic rings. The van der Waals surface area contributed by atoms with E-state index in [0.29, 0.717) is 33.0 Å². The zero-order valence-corrected chi connectivity index (χ0v) is 28.2. The van der Waals surface area contributed by atoms with Crippen molar-refractivity contribution in [3.63, 3.8) is 0 Å². The Hall–Kier alpha value is -5.14. The number of ketones is 1. The van der Waals surface area contributed by atoms with Crippen LogP contribution in [0.3, 0.4) is 0 Å². The normalized spacial score (nSPS) is 15.2. The molecule has 11 nitrogen and oxygen atoms in total. The Morgan fingerprint density at radius 1 is 1.04 bits per heavy atom. The lowest BCUT2D eigenvalue weighted by atomic mass is 10.1. The molecular weight excluding hydrogens is 670 g/mol. The molecule has 1 saturated heterocycles. The first-order chi connectivity index (χ1) is 24.1. The summed E-state index contributed by atoms with van der Waals surface area (Å²) < 4.78 is 44.0. The van der Waals surface area contributed by atoms with Crippen LogP contribution in [0.2, 0.25) is 5.02 Å². The van der Waals surface area contributed by atoms with E-state index in [1.54, 1.807) is 83.7 Å². The van der Waals surface area contributed by atoms with E-state index in [1.807, 2.05) is 13.8 Å². The number of nitrogens with zero attached hydrogens (tertiary/aromatic N) is 6. The Balaban J connectivity index is 1.33. The smallest absolute Gasteiger partial charge is 0.266 e. The van der Waals surface area contributed by atoms with Gasteiger partial charge >= 0.3 is 0 Å². The quantitative estimate of drug-likeness (QED) is 0.162. The highest BCUT2D eigenvalue weighted by molar-refractivity contribution is 6.30. The minimum absolute atomic E-state index is 0.0192. The molecule has 0 N–H and O–H groups in total. The van der Waals surface area contributed by atoms with E-state index in [1.165, 1.54) is 20.7 Å². The van der Waals surface area contributed by atoms with Crippen molar-refractivity contribution in [1.29, 1.82) is 0 Å². The summed E-state index contributed by atoms with van der Waals surface area (Å²) in [6.07, 6.45) is 1.68. The van der Waals surface area contributed by atoms with Gasteiger partial charge in [-0.1, -0.05) is 23.7 Å². The SMILES string of the molecule is CC(C)Oc1ccc(C(=O)Cn2ccnc2)cc1-n1c(CN2CCN(C(=O)COc3ccc(Cl)cc3)CC2C(F)F)nc2ccccc2c1=O. The predicted octanol–water partition coefficient (Wildman–Crippen LogP) is 5.26. The molecule has 1 unspecified atom stereocenters. The molecule has 14 heteroatoms. The van der Waals surface area contributed by atoms with Crippen molar-refractivity contribution in [1.82, 2.24) is 28.9 Å². The predicted molar refractivity (Wildman–Crippen MR) is 183 cm³/mol. The molecule has 0 radical (unpaired) electrons. The van der Waals surface area contributed by atoms with Crippen molar-refractivity contribution in [2.24, 2.45) is 0 Å². The number of fused-ring (bicyclic) bond motifs is 1. The Morgan fingerprint density at radius 3 is 2.54 bits per heavy atom. The standard InChI is InChI=1S/C36H35ClF2N6O5/c1-23(2)50-32-12-7-24(31(46)19-42-14-13-40-22-42)17-29(32)45-33(41-28-6-4-3-5-27(28)36(45)48)20-43-15-16-44(18-30(43)35(38)39)34(47)21-49-26-10-8-25(37)9-11-26/h3-14,17,22-23,30,35H,15-16,18-21H2,1-2H3. The maximum atomic E-state index is 14.7. The molecule has 1 amide bonds. The number of hydrogen-bond donors (Lipinski definition) is 0. The number of imidazole rings is 1. The number of aromatic nitrogens is 4. The van der Waals surface area contributed by atoms with Crippen LogP contribution in [0, 0.1) is 0 Å². The van der Waals surface area contributed by atoms with Crippen LogP contribution in [-0.4, -0.2) is 85.4 Å². The third kappa shape index (κ3) is 7.84. The molecule has 3 heterocycles. The van der Waals surface area contributed by atoms with E-state index in [-0.39, 0.29) is 62.7 Å². The minimum Gasteiger partial charge on any atom is -0.489 e. The zero-order chi connectivity index (χ0) is 35.4. The number of halogens is 3. The van der Waals surface area contributed by atoms with Crippen LogP contribution in [0.15, 0.2) is 90.2 Å². The highest BCUT2D eigenvalue weighted by Gasteiger charge is 2.36. The molecule has 2 aromatic heterocycles. The summed E-state index contributed by atoms with van der Waals surface area (Å²) in [5.41, 5.74) is 0.522. The lowest BCUT2D eigenvalue weighted by Gasteiger charge is -2.41. The van der Waals surface area contributed by atoms with Gasteiger partial charge in [-0.15, -0.1) is 0 Å². The monoisotopic (exact) mass is 704 g/mol. The molecule has 0 saturated carbocycles. The van der Waals surface area contributed by atoms with Crippen molar-refractivity contribution in [2.45, 2.75) is 45.5 Å². The summed E-state index contributed by atoms with van der Waals surface area (Å²) in [4.78, 5) is 52.3. The number of benzene rings is 3. The average molecular weight is 705 g/mol. The first-order valence-corrected chi connectivity index (χ1v) is 16.4. The number of carbonyl (C=O) groups excluding carboxylic acids is 2. The highest BCUT2D eigenvalue weighted by Crippen LogP contribution is 2.28. The Kier molecular flexibility index (Phi) is 10.5. The number of piperazine rings is 1. The first-order valence-electron chi connectivity index (χ1n) is 16.1. The van der Waals surface area contributed by atoms with Gasteiger partial charge in [0, 0.05) is 42.6 Å². The minimum atomic E-state index is -2.81. The molecule has 1 fully saturated rings. The molecule has 50 heavy (non-hydrogen) atoms. The number of amides is 1. The van der Waals surface area contributed by atoms with Crippen molar-refractivity contribution < 1.29 is 27.8 Å². The first kappa shape index (κ1) is 34.7. The van der Waals surface area contributed by atoms with E-state index < -0.39 is 23.9 Å². The van der Waals surface area contributed by atoms with Gasteiger partial charge in [-0.05, 0) is 68.4 Å². The molecule has 0 aliphatic carbocycles. The molecule has 260 valence electrons. The maximum Gasteiger partial charge on any atom is 0.266 e. The largest absolute Gasteiger partial charge is 0.489 e. The average Bonchev–Trinajstić information content (AvgIpc) is 3.61. The topological polar surface area (TPSA) is 112 Å². The summed E-state index contributed by atoms with van der Waals surface area (Å²) in [5.74, 6) is 0.264. The lowest BCUT2D eigenvalue weighted by molar-refractivity contribution is -0.138.